The Morgan fingerprint density at radius 2 is 1.95 bits per heavy atom. The third-order valence-electron chi connectivity index (χ3n) is 3.28. The van der Waals surface area contributed by atoms with Crippen LogP contribution in [-0.2, 0) is 13.6 Å². The number of ketones is 1. The van der Waals surface area contributed by atoms with Crippen molar-refractivity contribution in [3.63, 3.8) is 0 Å². The van der Waals surface area contributed by atoms with E-state index in [1.165, 1.54) is 22.5 Å². The van der Waals surface area contributed by atoms with E-state index in [0.29, 0.717) is 11.2 Å². The summed E-state index contributed by atoms with van der Waals surface area (Å²) in [7, 11) is 1.52. The van der Waals surface area contributed by atoms with Gasteiger partial charge in [-0.2, -0.15) is 0 Å². The summed E-state index contributed by atoms with van der Waals surface area (Å²) in [6.07, 6.45) is 1.39. The Kier molecular flexibility index (Phi) is 3.02. The minimum Gasteiger partial charge on any atom is -0.309 e. The van der Waals surface area contributed by atoms with Gasteiger partial charge in [-0.25, -0.2) is 9.78 Å². The second-order valence-corrected chi connectivity index (χ2v) is 4.65. The number of hydrogen-bond donors (Lipinski definition) is 1. The Morgan fingerprint density at radius 3 is 2.67 bits per heavy atom. The van der Waals surface area contributed by atoms with Crippen molar-refractivity contribution in [2.75, 3.05) is 0 Å². The first-order valence-electron chi connectivity index (χ1n) is 6.30. The van der Waals surface area contributed by atoms with Gasteiger partial charge in [-0.1, -0.05) is 30.3 Å². The zero-order valence-corrected chi connectivity index (χ0v) is 11.2. The average molecular weight is 284 g/mol. The van der Waals surface area contributed by atoms with E-state index in [1.54, 1.807) is 24.3 Å². The van der Waals surface area contributed by atoms with Crippen LogP contribution in [0.5, 0.6) is 0 Å². The van der Waals surface area contributed by atoms with Crippen molar-refractivity contribution in [1.29, 1.82) is 0 Å². The lowest BCUT2D eigenvalue weighted by atomic mass is 10.1. The molecule has 0 bridgehead atoms. The van der Waals surface area contributed by atoms with Gasteiger partial charge in [0.2, 0.25) is 0 Å². The van der Waals surface area contributed by atoms with E-state index in [4.69, 9.17) is 0 Å². The van der Waals surface area contributed by atoms with Crippen molar-refractivity contribution >= 4 is 16.9 Å². The van der Waals surface area contributed by atoms with E-state index in [2.05, 4.69) is 9.97 Å². The third kappa shape index (κ3) is 2.18. The summed E-state index contributed by atoms with van der Waals surface area (Å²) in [6.45, 7) is 0.0112. The van der Waals surface area contributed by atoms with Crippen molar-refractivity contribution in [3.05, 3.63) is 63.1 Å². The number of Topliss-reactive ketones (excluding diaryl/α,β-unsaturated/α-hetero) is 1. The van der Waals surface area contributed by atoms with Crippen LogP contribution in [0.25, 0.3) is 11.2 Å². The summed E-state index contributed by atoms with van der Waals surface area (Å²) in [6, 6.07) is 8.81. The molecule has 0 aliphatic carbocycles. The minimum atomic E-state index is -0.556. The standard InChI is InChI=1S/C14H12N4O3/c1-17-13-11(12(20)16-14(17)21)15-8-18(13)7-10(19)9-5-3-2-4-6-9/h2-6,8H,7H2,1H3,(H,16,20,21). The molecule has 0 radical (unpaired) electrons. The molecule has 0 amide bonds. The highest BCUT2D eigenvalue weighted by Crippen LogP contribution is 2.08. The van der Waals surface area contributed by atoms with E-state index in [0.717, 1.165) is 0 Å². The second kappa shape index (κ2) is 4.86. The predicted molar refractivity (Wildman–Crippen MR) is 76.4 cm³/mol. The fraction of sp³-hybridized carbons (Fsp3) is 0.143. The van der Waals surface area contributed by atoms with Crippen LogP contribution in [0.2, 0.25) is 0 Å². The Balaban J connectivity index is 2.09. The molecule has 0 aliphatic rings. The second-order valence-electron chi connectivity index (χ2n) is 4.65. The van der Waals surface area contributed by atoms with Gasteiger partial charge in [0, 0.05) is 12.6 Å². The van der Waals surface area contributed by atoms with E-state index in [1.807, 2.05) is 6.07 Å². The van der Waals surface area contributed by atoms with Gasteiger partial charge in [-0.15, -0.1) is 0 Å². The average Bonchev–Trinajstić information content (AvgIpc) is 2.90. The molecule has 1 aromatic carbocycles. The van der Waals surface area contributed by atoms with Gasteiger partial charge in [0.25, 0.3) is 5.56 Å². The molecule has 0 spiro atoms. The highest BCUT2D eigenvalue weighted by Gasteiger charge is 2.14. The zero-order chi connectivity index (χ0) is 15.0. The van der Waals surface area contributed by atoms with E-state index in [-0.39, 0.29) is 17.8 Å². The maximum Gasteiger partial charge on any atom is 0.329 e. The predicted octanol–water partition coefficient (Wildman–Crippen LogP) is 0.306. The number of H-pyrrole nitrogens is 1. The number of carbonyl (C=O) groups excluding carboxylic acids is 1. The third-order valence-corrected chi connectivity index (χ3v) is 3.28. The molecule has 7 heteroatoms. The molecule has 0 fully saturated rings. The van der Waals surface area contributed by atoms with Crippen LogP contribution in [0.15, 0.2) is 46.2 Å². The number of benzene rings is 1. The molecule has 0 aliphatic heterocycles. The number of nitrogens with one attached hydrogen (secondary N) is 1. The minimum absolute atomic E-state index is 0.0112. The molecule has 1 N–H and O–H groups in total. The van der Waals surface area contributed by atoms with Gasteiger partial charge in [0.1, 0.15) is 5.65 Å². The molecule has 0 saturated heterocycles. The van der Waals surface area contributed by atoms with Gasteiger partial charge in [0.05, 0.1) is 12.9 Å². The molecule has 106 valence electrons. The molecule has 0 saturated carbocycles. The van der Waals surface area contributed by atoms with Crippen molar-refractivity contribution < 1.29 is 4.79 Å². The molecule has 7 nitrogen and oxygen atoms in total. The van der Waals surface area contributed by atoms with E-state index in [9.17, 15) is 14.4 Å². The van der Waals surface area contributed by atoms with Gasteiger partial charge in [-0.3, -0.25) is 19.1 Å². The maximum absolute atomic E-state index is 12.2. The quantitative estimate of drug-likeness (QED) is 0.701. The Labute approximate surface area is 118 Å². The van der Waals surface area contributed by atoms with Gasteiger partial charge >= 0.3 is 5.69 Å². The molecular weight excluding hydrogens is 272 g/mol. The number of fused-ring (bicyclic) bond motifs is 1. The number of aromatic nitrogens is 4. The Hall–Kier alpha value is -2.96. The lowest BCUT2D eigenvalue weighted by Crippen LogP contribution is -2.29. The first-order chi connectivity index (χ1) is 10.1. The number of rotatable bonds is 3. The summed E-state index contributed by atoms with van der Waals surface area (Å²) in [4.78, 5) is 41.7. The summed E-state index contributed by atoms with van der Waals surface area (Å²) < 4.78 is 2.77. The molecule has 2 aromatic heterocycles. The van der Waals surface area contributed by atoms with Crippen molar-refractivity contribution in [3.8, 4) is 0 Å². The van der Waals surface area contributed by atoms with Crippen molar-refractivity contribution in [2.24, 2.45) is 7.05 Å². The van der Waals surface area contributed by atoms with Crippen LogP contribution < -0.4 is 11.2 Å². The Morgan fingerprint density at radius 1 is 1.24 bits per heavy atom. The lowest BCUT2D eigenvalue weighted by Gasteiger charge is -2.06. The van der Waals surface area contributed by atoms with Crippen LogP contribution in [-0.4, -0.2) is 24.9 Å². The molecule has 2 heterocycles. The summed E-state index contributed by atoms with van der Waals surface area (Å²) in [5.74, 6) is -0.123. The molecular formula is C14H12N4O3. The summed E-state index contributed by atoms with van der Waals surface area (Å²) in [5.41, 5.74) is -0.0689. The smallest absolute Gasteiger partial charge is 0.309 e. The number of nitrogens with zero attached hydrogens (tertiary/aromatic N) is 3. The number of hydrogen-bond acceptors (Lipinski definition) is 4. The first-order valence-corrected chi connectivity index (χ1v) is 6.30. The molecule has 0 atom stereocenters. The van der Waals surface area contributed by atoms with E-state index < -0.39 is 11.2 Å². The molecule has 0 unspecified atom stereocenters. The first kappa shape index (κ1) is 13.0. The maximum atomic E-state index is 12.2. The number of imidazole rings is 1. The Bertz CT molecular complexity index is 934. The van der Waals surface area contributed by atoms with Crippen LogP contribution in [0.3, 0.4) is 0 Å². The summed E-state index contributed by atoms with van der Waals surface area (Å²) >= 11 is 0. The number of carbonyl (C=O) groups is 1. The number of aryl methyl sites for hydroxylation is 1. The molecule has 3 aromatic rings. The molecule has 21 heavy (non-hydrogen) atoms. The lowest BCUT2D eigenvalue weighted by molar-refractivity contribution is 0.0973. The van der Waals surface area contributed by atoms with Crippen LogP contribution in [0.4, 0.5) is 0 Å². The highest BCUT2D eigenvalue weighted by atomic mass is 16.2. The summed E-state index contributed by atoms with van der Waals surface area (Å²) in [5, 5.41) is 0. The van der Waals surface area contributed by atoms with Gasteiger partial charge < -0.3 is 4.57 Å². The van der Waals surface area contributed by atoms with E-state index >= 15 is 0 Å². The molecule has 3 rings (SSSR count). The topological polar surface area (TPSA) is 89.8 Å². The SMILES string of the molecule is Cn1c(=O)[nH]c(=O)c2ncn(CC(=O)c3ccccc3)c21. The van der Waals surface area contributed by atoms with Gasteiger partial charge in [0.15, 0.2) is 11.3 Å². The number of aromatic amines is 1. The van der Waals surface area contributed by atoms with Crippen LogP contribution in [0, 0.1) is 0 Å². The highest BCUT2D eigenvalue weighted by molar-refractivity contribution is 5.96. The fourth-order valence-corrected chi connectivity index (χ4v) is 2.21. The van der Waals surface area contributed by atoms with Crippen molar-refractivity contribution in [2.45, 2.75) is 6.54 Å². The monoisotopic (exact) mass is 284 g/mol. The van der Waals surface area contributed by atoms with Crippen LogP contribution in [0.1, 0.15) is 10.4 Å². The fourth-order valence-electron chi connectivity index (χ4n) is 2.21. The zero-order valence-electron chi connectivity index (χ0n) is 11.2. The van der Waals surface area contributed by atoms with Crippen molar-refractivity contribution in [1.82, 2.24) is 19.1 Å². The van der Waals surface area contributed by atoms with Gasteiger partial charge in [-0.05, 0) is 0 Å². The van der Waals surface area contributed by atoms with Crippen LogP contribution >= 0.6 is 0 Å². The largest absolute Gasteiger partial charge is 0.329 e. The normalized spacial score (nSPS) is 10.9.